The molecule has 0 radical (unpaired) electrons. The molecule has 0 aliphatic carbocycles. The Hall–Kier alpha value is -1.21. The fourth-order valence-electron chi connectivity index (χ4n) is 2.42. The van der Waals surface area contributed by atoms with Crippen molar-refractivity contribution in [2.45, 2.75) is 18.6 Å². The van der Waals surface area contributed by atoms with Gasteiger partial charge in [-0.05, 0) is 18.2 Å². The molecule has 1 fully saturated rings. The molecule has 0 aromatic heterocycles. The molecule has 0 spiro atoms. The third-order valence-corrected chi connectivity index (χ3v) is 3.33. The number of halogens is 5. The van der Waals surface area contributed by atoms with Crippen molar-refractivity contribution in [1.29, 1.82) is 0 Å². The van der Waals surface area contributed by atoms with Crippen LogP contribution in [-0.2, 0) is 0 Å². The first-order valence-electron chi connectivity index (χ1n) is 6.33. The molecule has 7 heteroatoms. The topological polar surface area (TPSA) is 15.3 Å². The molecule has 1 heterocycles. The fourth-order valence-corrected chi connectivity index (χ4v) is 2.42. The Morgan fingerprint density at radius 3 is 2.40 bits per heavy atom. The zero-order valence-electron chi connectivity index (χ0n) is 10.7. The zero-order chi connectivity index (χ0) is 14.8. The van der Waals surface area contributed by atoms with Crippen molar-refractivity contribution in [3.05, 3.63) is 35.4 Å². The second-order valence-electron chi connectivity index (χ2n) is 4.79. The van der Waals surface area contributed by atoms with Crippen LogP contribution >= 0.6 is 0 Å². The molecule has 0 saturated carbocycles. The van der Waals surface area contributed by atoms with Crippen LogP contribution in [0.15, 0.2) is 18.2 Å². The molecule has 0 bridgehead atoms. The van der Waals surface area contributed by atoms with Crippen LogP contribution in [0.2, 0.25) is 0 Å². The predicted octanol–water partition coefficient (Wildman–Crippen LogP) is 2.86. The van der Waals surface area contributed by atoms with Gasteiger partial charge in [0.15, 0.2) is 0 Å². The zero-order valence-corrected chi connectivity index (χ0v) is 10.7. The summed E-state index contributed by atoms with van der Waals surface area (Å²) in [5.74, 6) is -1.54. The minimum absolute atomic E-state index is 0.232. The van der Waals surface area contributed by atoms with Gasteiger partial charge in [0, 0.05) is 37.8 Å². The second kappa shape index (κ2) is 6.05. The van der Waals surface area contributed by atoms with E-state index in [1.807, 2.05) is 0 Å². The van der Waals surface area contributed by atoms with Gasteiger partial charge in [-0.15, -0.1) is 0 Å². The van der Waals surface area contributed by atoms with E-state index in [2.05, 4.69) is 5.32 Å². The Balaban J connectivity index is 2.31. The lowest BCUT2D eigenvalue weighted by Crippen LogP contribution is -2.46. The summed E-state index contributed by atoms with van der Waals surface area (Å²) in [6.45, 7) is 1.81. The molecular formula is C13H15F5N2. The van der Waals surface area contributed by atoms with Crippen molar-refractivity contribution >= 4 is 0 Å². The molecule has 2 rings (SSSR count). The number of hydrogen-bond donors (Lipinski definition) is 1. The van der Waals surface area contributed by atoms with Gasteiger partial charge in [-0.1, -0.05) is 0 Å². The van der Waals surface area contributed by atoms with Crippen molar-refractivity contribution in [3.63, 3.8) is 0 Å². The van der Waals surface area contributed by atoms with Crippen LogP contribution in [0.5, 0.6) is 0 Å². The average Bonchev–Trinajstić information content (AvgIpc) is 2.39. The van der Waals surface area contributed by atoms with Crippen molar-refractivity contribution in [2.24, 2.45) is 0 Å². The summed E-state index contributed by atoms with van der Waals surface area (Å²) >= 11 is 0. The lowest BCUT2D eigenvalue weighted by molar-refractivity contribution is -0.149. The van der Waals surface area contributed by atoms with Gasteiger partial charge in [-0.3, -0.25) is 4.90 Å². The Bertz CT molecular complexity index is 455. The van der Waals surface area contributed by atoms with Gasteiger partial charge >= 0.3 is 6.18 Å². The highest BCUT2D eigenvalue weighted by molar-refractivity contribution is 5.23. The normalized spacial score (nSPS) is 19.1. The molecule has 1 aliphatic heterocycles. The van der Waals surface area contributed by atoms with E-state index < -0.39 is 30.3 Å². The molecule has 20 heavy (non-hydrogen) atoms. The molecule has 1 atom stereocenters. The number of benzene rings is 1. The first-order valence-corrected chi connectivity index (χ1v) is 6.33. The Morgan fingerprint density at radius 2 is 1.80 bits per heavy atom. The Morgan fingerprint density at radius 1 is 1.15 bits per heavy atom. The third kappa shape index (κ3) is 3.89. The molecule has 0 amide bonds. The summed E-state index contributed by atoms with van der Waals surface area (Å²) in [4.78, 5) is 1.54. The van der Waals surface area contributed by atoms with Gasteiger partial charge in [-0.25, -0.2) is 8.78 Å². The minimum Gasteiger partial charge on any atom is -0.314 e. The second-order valence-corrected chi connectivity index (χ2v) is 4.79. The fraction of sp³-hybridized carbons (Fsp3) is 0.538. The SMILES string of the molecule is Fc1ccc(F)c([C@@H](CC(F)(F)F)N2CCNCC2)c1. The quantitative estimate of drug-likeness (QED) is 0.862. The molecule has 1 aliphatic rings. The van der Waals surface area contributed by atoms with Crippen molar-refractivity contribution in [1.82, 2.24) is 10.2 Å². The third-order valence-electron chi connectivity index (χ3n) is 3.33. The van der Waals surface area contributed by atoms with E-state index in [-0.39, 0.29) is 5.56 Å². The van der Waals surface area contributed by atoms with Crippen LogP contribution < -0.4 is 5.32 Å². The lowest BCUT2D eigenvalue weighted by atomic mass is 10.00. The van der Waals surface area contributed by atoms with Crippen molar-refractivity contribution in [3.8, 4) is 0 Å². The molecule has 0 unspecified atom stereocenters. The van der Waals surface area contributed by atoms with Crippen LogP contribution in [0.4, 0.5) is 22.0 Å². The van der Waals surface area contributed by atoms with Crippen LogP contribution in [-0.4, -0.2) is 37.3 Å². The maximum absolute atomic E-state index is 13.8. The molecular weight excluding hydrogens is 279 g/mol. The number of alkyl halides is 3. The van der Waals surface area contributed by atoms with Crippen LogP contribution in [0.25, 0.3) is 0 Å². The first kappa shape index (κ1) is 15.2. The number of hydrogen-bond acceptors (Lipinski definition) is 2. The summed E-state index contributed by atoms with van der Waals surface area (Å²) in [6.07, 6.45) is -5.62. The highest BCUT2D eigenvalue weighted by Crippen LogP contribution is 2.35. The monoisotopic (exact) mass is 294 g/mol. The van der Waals surface area contributed by atoms with Gasteiger partial charge in [0.25, 0.3) is 0 Å². The molecule has 1 saturated heterocycles. The minimum atomic E-state index is -4.44. The van der Waals surface area contributed by atoms with Gasteiger partial charge in [0.05, 0.1) is 6.42 Å². The summed E-state index contributed by atoms with van der Waals surface area (Å²) in [7, 11) is 0. The smallest absolute Gasteiger partial charge is 0.314 e. The predicted molar refractivity (Wildman–Crippen MR) is 64.2 cm³/mol. The van der Waals surface area contributed by atoms with E-state index in [9.17, 15) is 22.0 Å². The standard InChI is InChI=1S/C13H15F5N2/c14-9-1-2-11(15)10(7-9)12(8-13(16,17)18)20-5-3-19-4-6-20/h1-2,7,12,19H,3-6,8H2/t12-/m1/s1. The van der Waals surface area contributed by atoms with Gasteiger partial charge < -0.3 is 5.32 Å². The van der Waals surface area contributed by atoms with Crippen LogP contribution in [0, 0.1) is 11.6 Å². The number of piperazine rings is 1. The van der Waals surface area contributed by atoms with Gasteiger partial charge in [0.1, 0.15) is 11.6 Å². The van der Waals surface area contributed by atoms with E-state index in [0.717, 1.165) is 18.2 Å². The van der Waals surface area contributed by atoms with E-state index in [1.54, 1.807) is 4.90 Å². The van der Waals surface area contributed by atoms with Gasteiger partial charge in [0.2, 0.25) is 0 Å². The maximum Gasteiger partial charge on any atom is 0.390 e. The first-order chi connectivity index (χ1) is 9.37. The highest BCUT2D eigenvalue weighted by Gasteiger charge is 2.37. The summed E-state index contributed by atoms with van der Waals surface area (Å²) in [5.41, 5.74) is -0.232. The van der Waals surface area contributed by atoms with E-state index in [0.29, 0.717) is 26.2 Å². The van der Waals surface area contributed by atoms with Crippen LogP contribution in [0.1, 0.15) is 18.0 Å². The van der Waals surface area contributed by atoms with Crippen molar-refractivity contribution in [2.75, 3.05) is 26.2 Å². The van der Waals surface area contributed by atoms with E-state index >= 15 is 0 Å². The number of nitrogens with one attached hydrogen (secondary N) is 1. The highest BCUT2D eigenvalue weighted by atomic mass is 19.4. The molecule has 2 nitrogen and oxygen atoms in total. The Labute approximate surface area is 113 Å². The molecule has 1 aromatic rings. The van der Waals surface area contributed by atoms with E-state index in [1.165, 1.54) is 0 Å². The van der Waals surface area contributed by atoms with Crippen LogP contribution in [0.3, 0.4) is 0 Å². The van der Waals surface area contributed by atoms with Gasteiger partial charge in [-0.2, -0.15) is 13.2 Å². The number of nitrogens with zero attached hydrogens (tertiary/aromatic N) is 1. The summed E-state index contributed by atoms with van der Waals surface area (Å²) in [6, 6.07) is 1.44. The molecule has 1 N–H and O–H groups in total. The molecule has 1 aromatic carbocycles. The Kier molecular flexibility index (Phi) is 4.59. The summed E-state index contributed by atoms with van der Waals surface area (Å²) < 4.78 is 65.2. The number of rotatable bonds is 3. The largest absolute Gasteiger partial charge is 0.390 e. The summed E-state index contributed by atoms with van der Waals surface area (Å²) in [5, 5.41) is 3.02. The van der Waals surface area contributed by atoms with E-state index in [4.69, 9.17) is 0 Å². The average molecular weight is 294 g/mol. The molecule has 112 valence electrons. The lowest BCUT2D eigenvalue weighted by Gasteiger charge is -2.35. The maximum atomic E-state index is 13.8. The van der Waals surface area contributed by atoms with Crippen molar-refractivity contribution < 1.29 is 22.0 Å².